The standard InChI is InChI=1S/C9H12O7/c1-9(3-10)14-2-4(16-9)7-5(11)6(12)8(13)15-7/h4,6-7,10,12H,2-3H2,1H3. The maximum atomic E-state index is 11.4. The van der Waals surface area contributed by atoms with Crippen molar-refractivity contribution in [2.24, 2.45) is 0 Å². The number of rotatable bonds is 2. The Morgan fingerprint density at radius 1 is 1.50 bits per heavy atom. The van der Waals surface area contributed by atoms with Gasteiger partial charge in [-0.05, 0) is 6.92 Å². The fourth-order valence-electron chi connectivity index (χ4n) is 1.66. The number of hydrogen-bond donors (Lipinski definition) is 2. The second-order valence-electron chi connectivity index (χ2n) is 3.92. The summed E-state index contributed by atoms with van der Waals surface area (Å²) in [5.41, 5.74) is 0. The summed E-state index contributed by atoms with van der Waals surface area (Å²) in [5, 5.41) is 18.1. The molecular formula is C9H12O7. The molecule has 0 spiro atoms. The predicted molar refractivity (Wildman–Crippen MR) is 47.2 cm³/mol. The number of esters is 1. The number of hydrogen-bond acceptors (Lipinski definition) is 7. The van der Waals surface area contributed by atoms with Crippen molar-refractivity contribution in [1.82, 2.24) is 0 Å². The second-order valence-corrected chi connectivity index (χ2v) is 3.92. The van der Waals surface area contributed by atoms with Crippen LogP contribution in [0.15, 0.2) is 0 Å². The first kappa shape index (κ1) is 11.5. The molecule has 2 rings (SSSR count). The van der Waals surface area contributed by atoms with Gasteiger partial charge in [0, 0.05) is 0 Å². The Kier molecular flexibility index (Phi) is 2.70. The summed E-state index contributed by atoms with van der Waals surface area (Å²) in [6.45, 7) is 1.15. The number of carbonyl (C=O) groups excluding carboxylic acids is 2. The molecule has 0 aliphatic carbocycles. The molecule has 2 saturated heterocycles. The smallest absolute Gasteiger partial charge is 0.343 e. The Bertz CT molecular complexity index is 328. The lowest BCUT2D eigenvalue weighted by atomic mass is 10.1. The summed E-state index contributed by atoms with van der Waals surface area (Å²) in [6, 6.07) is 0. The van der Waals surface area contributed by atoms with Crippen LogP contribution in [-0.2, 0) is 23.8 Å². The summed E-state index contributed by atoms with van der Waals surface area (Å²) in [4.78, 5) is 22.4. The van der Waals surface area contributed by atoms with Crippen molar-refractivity contribution in [3.05, 3.63) is 0 Å². The lowest BCUT2D eigenvalue weighted by Crippen LogP contribution is -2.38. The molecule has 2 fully saturated rings. The molecule has 0 amide bonds. The summed E-state index contributed by atoms with van der Waals surface area (Å²) in [5.74, 6) is -2.90. The van der Waals surface area contributed by atoms with E-state index in [2.05, 4.69) is 4.74 Å². The van der Waals surface area contributed by atoms with E-state index >= 15 is 0 Å². The van der Waals surface area contributed by atoms with E-state index in [1.165, 1.54) is 6.92 Å². The van der Waals surface area contributed by atoms with E-state index in [1.54, 1.807) is 0 Å². The van der Waals surface area contributed by atoms with Gasteiger partial charge in [0.15, 0.2) is 11.9 Å². The number of carbonyl (C=O) groups is 2. The Hall–Kier alpha value is -1.02. The first-order valence-corrected chi connectivity index (χ1v) is 4.82. The number of aliphatic hydroxyl groups excluding tert-OH is 2. The molecule has 2 heterocycles. The van der Waals surface area contributed by atoms with E-state index in [9.17, 15) is 9.59 Å². The Labute approximate surface area is 90.9 Å². The van der Waals surface area contributed by atoms with Gasteiger partial charge in [-0.25, -0.2) is 4.79 Å². The van der Waals surface area contributed by atoms with Crippen LogP contribution in [0.5, 0.6) is 0 Å². The van der Waals surface area contributed by atoms with Crippen LogP contribution in [0, 0.1) is 0 Å². The largest absolute Gasteiger partial charge is 0.449 e. The van der Waals surface area contributed by atoms with E-state index in [0.29, 0.717) is 0 Å². The molecule has 0 saturated carbocycles. The molecule has 16 heavy (non-hydrogen) atoms. The molecule has 2 N–H and O–H groups in total. The fraction of sp³-hybridized carbons (Fsp3) is 0.778. The van der Waals surface area contributed by atoms with E-state index in [-0.39, 0.29) is 13.2 Å². The topological polar surface area (TPSA) is 102 Å². The number of Topliss-reactive ketones (excluding diaryl/α,β-unsaturated/α-hetero) is 1. The molecule has 0 aromatic rings. The van der Waals surface area contributed by atoms with Crippen molar-refractivity contribution in [2.75, 3.05) is 13.2 Å². The third-order valence-electron chi connectivity index (χ3n) is 2.59. The minimum Gasteiger partial charge on any atom is -0.449 e. The van der Waals surface area contributed by atoms with Crippen LogP contribution in [0.4, 0.5) is 0 Å². The second kappa shape index (κ2) is 3.77. The van der Waals surface area contributed by atoms with Crippen molar-refractivity contribution in [3.8, 4) is 0 Å². The molecule has 2 aliphatic heterocycles. The molecule has 0 aromatic heterocycles. The lowest BCUT2D eigenvalue weighted by molar-refractivity contribution is -0.189. The highest BCUT2D eigenvalue weighted by Gasteiger charge is 2.51. The SMILES string of the molecule is CC1(CO)OCC(C2OC(=O)C(O)C2=O)O1. The first-order chi connectivity index (χ1) is 7.47. The van der Waals surface area contributed by atoms with E-state index in [0.717, 1.165) is 0 Å². The van der Waals surface area contributed by atoms with Crippen LogP contribution in [0.2, 0.25) is 0 Å². The average Bonchev–Trinajstić information content (AvgIpc) is 2.76. The zero-order chi connectivity index (χ0) is 11.9. The summed E-state index contributed by atoms with van der Waals surface area (Å²) >= 11 is 0. The highest BCUT2D eigenvalue weighted by molar-refractivity contribution is 6.09. The maximum Gasteiger partial charge on any atom is 0.343 e. The monoisotopic (exact) mass is 232 g/mol. The number of ketones is 1. The third kappa shape index (κ3) is 1.71. The molecular weight excluding hydrogens is 220 g/mol. The van der Waals surface area contributed by atoms with Crippen LogP contribution in [-0.4, -0.2) is 59.3 Å². The van der Waals surface area contributed by atoms with Gasteiger partial charge in [-0.3, -0.25) is 4.79 Å². The van der Waals surface area contributed by atoms with Crippen molar-refractivity contribution >= 4 is 11.8 Å². The fourth-order valence-corrected chi connectivity index (χ4v) is 1.66. The van der Waals surface area contributed by atoms with Gasteiger partial charge >= 0.3 is 5.97 Å². The van der Waals surface area contributed by atoms with E-state index < -0.39 is 35.9 Å². The van der Waals surface area contributed by atoms with Crippen LogP contribution in [0.1, 0.15) is 6.92 Å². The zero-order valence-corrected chi connectivity index (χ0v) is 8.58. The van der Waals surface area contributed by atoms with Gasteiger partial charge in [0.1, 0.15) is 6.10 Å². The van der Waals surface area contributed by atoms with Gasteiger partial charge in [-0.15, -0.1) is 0 Å². The third-order valence-corrected chi connectivity index (χ3v) is 2.59. The maximum absolute atomic E-state index is 11.4. The molecule has 4 atom stereocenters. The molecule has 0 aromatic carbocycles. The highest BCUT2D eigenvalue weighted by atomic mass is 16.8. The number of cyclic esters (lactones) is 1. The Balaban J connectivity index is 2.06. The van der Waals surface area contributed by atoms with E-state index in [4.69, 9.17) is 19.7 Å². The van der Waals surface area contributed by atoms with Gasteiger partial charge in [0.05, 0.1) is 13.2 Å². The molecule has 90 valence electrons. The van der Waals surface area contributed by atoms with Crippen LogP contribution in [0.3, 0.4) is 0 Å². The van der Waals surface area contributed by atoms with Crippen LogP contribution >= 0.6 is 0 Å². The summed E-state index contributed by atoms with van der Waals surface area (Å²) in [6.07, 6.45) is -3.68. The van der Waals surface area contributed by atoms with Crippen molar-refractivity contribution in [1.29, 1.82) is 0 Å². The number of aliphatic hydroxyl groups is 2. The van der Waals surface area contributed by atoms with Gasteiger partial charge in [-0.1, -0.05) is 0 Å². The Morgan fingerprint density at radius 3 is 2.62 bits per heavy atom. The highest BCUT2D eigenvalue weighted by Crippen LogP contribution is 2.28. The van der Waals surface area contributed by atoms with Crippen molar-refractivity contribution in [3.63, 3.8) is 0 Å². The minimum atomic E-state index is -1.74. The van der Waals surface area contributed by atoms with Crippen LogP contribution in [0.25, 0.3) is 0 Å². The Morgan fingerprint density at radius 2 is 2.19 bits per heavy atom. The van der Waals surface area contributed by atoms with Gasteiger partial charge in [-0.2, -0.15) is 0 Å². The van der Waals surface area contributed by atoms with Crippen LogP contribution < -0.4 is 0 Å². The average molecular weight is 232 g/mol. The lowest BCUT2D eigenvalue weighted by Gasteiger charge is -2.21. The predicted octanol–water partition coefficient (Wildman–Crippen LogP) is -2.03. The zero-order valence-electron chi connectivity index (χ0n) is 8.58. The number of ether oxygens (including phenoxy) is 3. The first-order valence-electron chi connectivity index (χ1n) is 4.82. The normalized spacial score (nSPS) is 43.8. The molecule has 0 radical (unpaired) electrons. The van der Waals surface area contributed by atoms with Crippen molar-refractivity contribution in [2.45, 2.75) is 31.0 Å². The summed E-state index contributed by atoms with van der Waals surface area (Å²) in [7, 11) is 0. The van der Waals surface area contributed by atoms with Gasteiger partial charge in [0.2, 0.25) is 11.9 Å². The van der Waals surface area contributed by atoms with Gasteiger partial charge < -0.3 is 24.4 Å². The molecule has 0 bridgehead atoms. The summed E-state index contributed by atoms with van der Waals surface area (Å²) < 4.78 is 15.1. The van der Waals surface area contributed by atoms with Crippen molar-refractivity contribution < 1.29 is 34.0 Å². The molecule has 7 heteroatoms. The molecule has 7 nitrogen and oxygen atoms in total. The quantitative estimate of drug-likeness (QED) is 0.418. The molecule has 2 aliphatic rings. The van der Waals surface area contributed by atoms with Gasteiger partial charge in [0.25, 0.3) is 0 Å². The van der Waals surface area contributed by atoms with E-state index in [1.807, 2.05) is 0 Å². The minimum absolute atomic E-state index is 0.0213. The molecule has 4 unspecified atom stereocenters.